The maximum absolute atomic E-state index is 5.75. The molecule has 0 aliphatic carbocycles. The second kappa shape index (κ2) is 5.99. The molecule has 0 N–H and O–H groups in total. The van der Waals surface area contributed by atoms with Gasteiger partial charge in [-0.05, 0) is 31.5 Å². The van der Waals surface area contributed by atoms with Crippen LogP contribution in [-0.2, 0) is 0 Å². The Bertz CT molecular complexity index is 295. The lowest BCUT2D eigenvalue weighted by Crippen LogP contribution is -2.10. The average molecular weight is 284 g/mol. The summed E-state index contributed by atoms with van der Waals surface area (Å²) >= 11 is 17.2. The fourth-order valence-corrected chi connectivity index (χ4v) is 2.85. The third kappa shape index (κ3) is 6.31. The van der Waals surface area contributed by atoms with Crippen molar-refractivity contribution < 1.29 is 4.74 Å². The number of rotatable bonds is 5. The molecule has 15 heavy (non-hydrogen) atoms. The summed E-state index contributed by atoms with van der Waals surface area (Å²) in [6, 6.07) is 6.09. The maximum atomic E-state index is 5.75. The van der Waals surface area contributed by atoms with E-state index in [-0.39, 0.29) is 0 Å². The molecule has 1 aromatic rings. The molecule has 0 aliphatic heterocycles. The largest absolute Gasteiger partial charge is 0.494 e. The van der Waals surface area contributed by atoms with E-state index in [1.54, 1.807) is 0 Å². The highest BCUT2D eigenvalue weighted by Gasteiger charge is 2.23. The van der Waals surface area contributed by atoms with Gasteiger partial charge in [-0.15, -0.1) is 33.2 Å². The van der Waals surface area contributed by atoms with E-state index in [1.165, 1.54) is 5.56 Å². The van der Waals surface area contributed by atoms with E-state index in [4.69, 9.17) is 38.0 Å². The van der Waals surface area contributed by atoms with Gasteiger partial charge >= 0.3 is 6.00 Å². The second-order valence-corrected chi connectivity index (χ2v) is 12.7. The number of benzene rings is 1. The van der Waals surface area contributed by atoms with Crippen LogP contribution in [0.25, 0.3) is 0 Å². The van der Waals surface area contributed by atoms with Crippen LogP contribution in [0.2, 0.25) is 6.04 Å². The van der Waals surface area contributed by atoms with Crippen molar-refractivity contribution in [2.75, 3.05) is 6.61 Å². The predicted molar refractivity (Wildman–Crippen MR) is 69.4 cm³/mol. The monoisotopic (exact) mass is 282 g/mol. The molecule has 0 spiro atoms. The molecule has 0 radical (unpaired) electrons. The minimum Gasteiger partial charge on any atom is -0.494 e. The summed E-state index contributed by atoms with van der Waals surface area (Å²) in [7, 11) is 0. The zero-order valence-corrected chi connectivity index (χ0v) is 11.7. The van der Waals surface area contributed by atoms with Gasteiger partial charge in [0.05, 0.1) is 6.61 Å². The first-order chi connectivity index (χ1) is 6.97. The van der Waals surface area contributed by atoms with Gasteiger partial charge in [0.1, 0.15) is 5.75 Å². The number of halogens is 3. The van der Waals surface area contributed by atoms with Gasteiger partial charge in [-0.3, -0.25) is 0 Å². The highest BCUT2D eigenvalue weighted by Crippen LogP contribution is 2.26. The first kappa shape index (κ1) is 13.2. The normalized spacial score (nSPS) is 11.5. The molecule has 0 amide bonds. The molecule has 0 fully saturated rings. The number of hydrogen-bond donors (Lipinski definition) is 0. The van der Waals surface area contributed by atoms with E-state index >= 15 is 0 Å². The Hall–Kier alpha value is 0.107. The molecule has 0 saturated heterocycles. The van der Waals surface area contributed by atoms with Crippen molar-refractivity contribution in [2.45, 2.75) is 19.4 Å². The van der Waals surface area contributed by atoms with Crippen LogP contribution >= 0.6 is 33.2 Å². The third-order valence-electron chi connectivity index (χ3n) is 1.89. The minimum atomic E-state index is -2.47. The average Bonchev–Trinajstić information content (AvgIpc) is 2.14. The van der Waals surface area contributed by atoms with Crippen LogP contribution in [0.15, 0.2) is 24.3 Å². The summed E-state index contributed by atoms with van der Waals surface area (Å²) in [6.45, 7) is 2.64. The summed E-state index contributed by atoms with van der Waals surface area (Å²) in [5.41, 5.74) is 1.22. The van der Waals surface area contributed by atoms with Crippen molar-refractivity contribution in [3.05, 3.63) is 29.8 Å². The molecule has 0 saturated carbocycles. The van der Waals surface area contributed by atoms with Crippen molar-refractivity contribution >= 4 is 39.2 Å². The summed E-state index contributed by atoms with van der Waals surface area (Å²) in [5.74, 6) is 0.867. The Morgan fingerprint density at radius 1 is 1.13 bits per heavy atom. The predicted octanol–water partition coefficient (Wildman–Crippen LogP) is 4.42. The molecule has 5 heteroatoms. The smallest absolute Gasteiger partial charge is 0.341 e. The van der Waals surface area contributed by atoms with Gasteiger partial charge in [0.15, 0.2) is 0 Å². The number of aryl methyl sites for hydroxylation is 1. The van der Waals surface area contributed by atoms with Gasteiger partial charge in [-0.2, -0.15) is 0 Å². The molecule has 0 aromatic heterocycles. The molecular formula is C10H13Cl3OSi. The zero-order chi connectivity index (χ0) is 11.3. The molecule has 0 atom stereocenters. The Balaban J connectivity index is 2.23. The van der Waals surface area contributed by atoms with Gasteiger partial charge in [0, 0.05) is 0 Å². The summed E-state index contributed by atoms with van der Waals surface area (Å²) in [4.78, 5) is 0. The highest BCUT2D eigenvalue weighted by atomic mass is 35.8. The van der Waals surface area contributed by atoms with Gasteiger partial charge in [-0.25, -0.2) is 0 Å². The molecule has 1 rings (SSSR count). The van der Waals surface area contributed by atoms with E-state index in [9.17, 15) is 0 Å². The Morgan fingerprint density at radius 3 is 2.27 bits per heavy atom. The van der Waals surface area contributed by atoms with Crippen LogP contribution in [0.1, 0.15) is 12.0 Å². The molecular weight excluding hydrogens is 271 g/mol. The van der Waals surface area contributed by atoms with Crippen LogP contribution in [0.3, 0.4) is 0 Å². The van der Waals surface area contributed by atoms with E-state index in [0.29, 0.717) is 12.7 Å². The van der Waals surface area contributed by atoms with Crippen LogP contribution < -0.4 is 4.74 Å². The first-order valence-electron chi connectivity index (χ1n) is 4.73. The lowest BCUT2D eigenvalue weighted by Gasteiger charge is -2.09. The van der Waals surface area contributed by atoms with Crippen LogP contribution in [0, 0.1) is 6.92 Å². The summed E-state index contributed by atoms with van der Waals surface area (Å²) in [5, 5.41) is 0. The Morgan fingerprint density at radius 2 is 1.73 bits per heavy atom. The van der Waals surface area contributed by atoms with Crippen LogP contribution in [0.4, 0.5) is 0 Å². The quantitative estimate of drug-likeness (QED) is 0.441. The van der Waals surface area contributed by atoms with Crippen molar-refractivity contribution in [2.24, 2.45) is 0 Å². The van der Waals surface area contributed by atoms with Gasteiger partial charge in [0.25, 0.3) is 0 Å². The van der Waals surface area contributed by atoms with E-state index in [0.717, 1.165) is 12.2 Å². The van der Waals surface area contributed by atoms with Gasteiger partial charge in [0.2, 0.25) is 0 Å². The Kier molecular flexibility index (Phi) is 5.26. The van der Waals surface area contributed by atoms with Crippen molar-refractivity contribution in [3.8, 4) is 5.75 Å². The third-order valence-corrected chi connectivity index (χ3v) is 4.52. The van der Waals surface area contributed by atoms with E-state index < -0.39 is 6.00 Å². The summed E-state index contributed by atoms with van der Waals surface area (Å²) < 4.78 is 5.50. The van der Waals surface area contributed by atoms with Crippen molar-refractivity contribution in [1.82, 2.24) is 0 Å². The standard InChI is InChI=1S/C10H13Cl3OSi/c1-9-3-5-10(6-4-9)14-7-2-8-15(11,12)13/h3-6H,2,7-8H2,1H3. The minimum absolute atomic E-state index is 0.601. The Labute approximate surface area is 105 Å². The fourth-order valence-electron chi connectivity index (χ4n) is 1.10. The lowest BCUT2D eigenvalue weighted by molar-refractivity contribution is 0.317. The molecule has 84 valence electrons. The highest BCUT2D eigenvalue weighted by molar-refractivity contribution is 7.64. The number of ether oxygens (including phenoxy) is 1. The second-order valence-electron chi connectivity index (χ2n) is 3.38. The number of hydrogen-bond acceptors (Lipinski definition) is 1. The molecule has 0 aliphatic rings. The molecule has 1 aromatic carbocycles. The lowest BCUT2D eigenvalue weighted by atomic mass is 10.2. The van der Waals surface area contributed by atoms with Crippen LogP contribution in [0.5, 0.6) is 5.75 Å². The maximum Gasteiger partial charge on any atom is 0.341 e. The summed E-state index contributed by atoms with van der Waals surface area (Å²) in [6.07, 6.45) is 0.788. The topological polar surface area (TPSA) is 9.23 Å². The van der Waals surface area contributed by atoms with Gasteiger partial charge in [-0.1, -0.05) is 17.7 Å². The van der Waals surface area contributed by atoms with Gasteiger partial charge < -0.3 is 4.74 Å². The molecule has 0 heterocycles. The van der Waals surface area contributed by atoms with Crippen molar-refractivity contribution in [3.63, 3.8) is 0 Å². The first-order valence-corrected chi connectivity index (χ1v) is 9.98. The fraction of sp³-hybridized carbons (Fsp3) is 0.400. The van der Waals surface area contributed by atoms with Crippen LogP contribution in [-0.4, -0.2) is 12.6 Å². The zero-order valence-electron chi connectivity index (χ0n) is 8.47. The SMILES string of the molecule is Cc1ccc(OCCC[Si](Cl)(Cl)Cl)cc1. The molecule has 0 bridgehead atoms. The molecule has 1 nitrogen and oxygen atoms in total. The van der Waals surface area contributed by atoms with Crippen molar-refractivity contribution in [1.29, 1.82) is 0 Å². The van der Waals surface area contributed by atoms with E-state index in [1.807, 2.05) is 31.2 Å². The van der Waals surface area contributed by atoms with E-state index in [2.05, 4.69) is 0 Å². The molecule has 0 unspecified atom stereocenters.